The number of anilines is 1. The first-order valence-corrected chi connectivity index (χ1v) is 4.82. The van der Waals surface area contributed by atoms with Gasteiger partial charge in [0.2, 0.25) is 0 Å². The van der Waals surface area contributed by atoms with Crippen LogP contribution in [0.25, 0.3) is 0 Å². The number of rotatable bonds is 2. The van der Waals surface area contributed by atoms with Crippen LogP contribution in [0.4, 0.5) is 14.5 Å². The maximum atomic E-state index is 13.1. The van der Waals surface area contributed by atoms with E-state index in [-0.39, 0.29) is 0 Å². The molecule has 0 aromatic heterocycles. The fourth-order valence-electron chi connectivity index (χ4n) is 1.77. The molecule has 0 saturated carbocycles. The Bertz CT molecular complexity index is 373. The molecular formula is C11H13F2NO. The van der Waals surface area contributed by atoms with E-state index < -0.39 is 12.0 Å². The van der Waals surface area contributed by atoms with Crippen molar-refractivity contribution in [2.24, 2.45) is 0 Å². The molecule has 1 aromatic carbocycles. The summed E-state index contributed by atoms with van der Waals surface area (Å²) >= 11 is 0. The quantitative estimate of drug-likeness (QED) is 0.815. The molecule has 1 atom stereocenters. The predicted octanol–water partition coefficient (Wildman–Crippen LogP) is 2.69. The largest absolute Gasteiger partial charge is 0.497 e. The molecule has 82 valence electrons. The van der Waals surface area contributed by atoms with Gasteiger partial charge in [-0.15, -0.1) is 0 Å². The number of nitrogens with one attached hydrogen (secondary N) is 1. The Labute approximate surface area is 87.2 Å². The molecule has 0 amide bonds. The molecule has 1 heterocycles. The number of alkyl halides is 2. The van der Waals surface area contributed by atoms with Crippen molar-refractivity contribution in [2.75, 3.05) is 12.4 Å². The second-order valence-electron chi connectivity index (χ2n) is 3.88. The van der Waals surface area contributed by atoms with E-state index in [1.54, 1.807) is 25.3 Å². The van der Waals surface area contributed by atoms with Crippen LogP contribution in [0.3, 0.4) is 0 Å². The van der Waals surface area contributed by atoms with Crippen LogP contribution in [0.2, 0.25) is 0 Å². The van der Waals surface area contributed by atoms with E-state index in [1.807, 2.05) is 0 Å². The lowest BCUT2D eigenvalue weighted by Crippen LogP contribution is -2.35. The van der Waals surface area contributed by atoms with Gasteiger partial charge in [-0.05, 0) is 23.8 Å². The third-order valence-electron chi connectivity index (χ3n) is 2.68. The van der Waals surface area contributed by atoms with E-state index >= 15 is 0 Å². The van der Waals surface area contributed by atoms with Gasteiger partial charge < -0.3 is 10.1 Å². The minimum atomic E-state index is -2.70. The van der Waals surface area contributed by atoms with E-state index in [9.17, 15) is 8.78 Å². The summed E-state index contributed by atoms with van der Waals surface area (Å²) in [5.41, 5.74) is 1.67. The van der Waals surface area contributed by atoms with Gasteiger partial charge in [-0.1, -0.05) is 0 Å². The first kappa shape index (κ1) is 10.2. The lowest BCUT2D eigenvalue weighted by atomic mass is 10.1. The van der Waals surface area contributed by atoms with Crippen molar-refractivity contribution < 1.29 is 13.5 Å². The average molecular weight is 213 g/mol. The summed E-state index contributed by atoms with van der Waals surface area (Å²) in [4.78, 5) is 0. The van der Waals surface area contributed by atoms with Crippen molar-refractivity contribution in [3.63, 3.8) is 0 Å². The highest BCUT2D eigenvalue weighted by Crippen LogP contribution is 2.34. The molecule has 2 nitrogen and oxygen atoms in total. The van der Waals surface area contributed by atoms with Crippen molar-refractivity contribution >= 4 is 5.69 Å². The zero-order valence-corrected chi connectivity index (χ0v) is 8.68. The Morgan fingerprint density at radius 3 is 2.80 bits per heavy atom. The topological polar surface area (TPSA) is 21.3 Å². The van der Waals surface area contributed by atoms with Gasteiger partial charge in [0.1, 0.15) is 5.75 Å². The van der Waals surface area contributed by atoms with E-state index in [0.29, 0.717) is 12.2 Å². The van der Waals surface area contributed by atoms with Gasteiger partial charge in [0.05, 0.1) is 13.2 Å². The Morgan fingerprint density at radius 2 is 2.20 bits per heavy atom. The number of hydrogen-bond acceptors (Lipinski definition) is 2. The van der Waals surface area contributed by atoms with Crippen LogP contribution in [0.5, 0.6) is 5.75 Å². The molecule has 0 spiro atoms. The summed E-state index contributed by atoms with van der Waals surface area (Å²) in [6.45, 7) is 0.938. The summed E-state index contributed by atoms with van der Waals surface area (Å²) in [6, 6.07) is 4.54. The monoisotopic (exact) mass is 213 g/mol. The van der Waals surface area contributed by atoms with Gasteiger partial charge in [-0.25, -0.2) is 8.78 Å². The molecule has 0 bridgehead atoms. The zero-order valence-electron chi connectivity index (χ0n) is 8.68. The van der Waals surface area contributed by atoms with Gasteiger partial charge >= 0.3 is 0 Å². The zero-order chi connectivity index (χ0) is 11.1. The Balaban J connectivity index is 2.24. The number of hydrogen-bond donors (Lipinski definition) is 1. The van der Waals surface area contributed by atoms with Crippen LogP contribution in [-0.2, 0) is 6.42 Å². The standard InChI is InChI=1S/C11H13F2NO/c1-11(12,13)10-6-7-5-8(15-2)3-4-9(7)14-10/h3-5,10,14H,6H2,1-2H3. The second-order valence-corrected chi connectivity index (χ2v) is 3.88. The molecule has 4 heteroatoms. The van der Waals surface area contributed by atoms with Gasteiger partial charge in [-0.3, -0.25) is 0 Å². The fraction of sp³-hybridized carbons (Fsp3) is 0.455. The third kappa shape index (κ3) is 1.89. The molecular weight excluding hydrogens is 200 g/mol. The summed E-state index contributed by atoms with van der Waals surface area (Å²) < 4.78 is 31.2. The van der Waals surface area contributed by atoms with Crippen LogP contribution in [0.1, 0.15) is 12.5 Å². The maximum absolute atomic E-state index is 13.1. The lowest BCUT2D eigenvalue weighted by molar-refractivity contribution is 0.00370. The van der Waals surface area contributed by atoms with Crippen LogP contribution >= 0.6 is 0 Å². The molecule has 1 aromatic rings. The second kappa shape index (κ2) is 3.36. The van der Waals surface area contributed by atoms with Gasteiger partial charge in [-0.2, -0.15) is 0 Å². The number of benzene rings is 1. The van der Waals surface area contributed by atoms with Crippen molar-refractivity contribution in [1.29, 1.82) is 0 Å². The smallest absolute Gasteiger partial charge is 0.265 e. The van der Waals surface area contributed by atoms with Crippen LogP contribution in [-0.4, -0.2) is 19.1 Å². The Hall–Kier alpha value is -1.32. The van der Waals surface area contributed by atoms with Crippen LogP contribution < -0.4 is 10.1 Å². The van der Waals surface area contributed by atoms with Crippen LogP contribution in [0.15, 0.2) is 18.2 Å². The van der Waals surface area contributed by atoms with Gasteiger partial charge in [0.25, 0.3) is 5.92 Å². The van der Waals surface area contributed by atoms with Crippen molar-refractivity contribution in [3.8, 4) is 5.75 Å². The predicted molar refractivity (Wildman–Crippen MR) is 54.7 cm³/mol. The maximum Gasteiger partial charge on any atom is 0.265 e. The van der Waals surface area contributed by atoms with Crippen LogP contribution in [0, 0.1) is 0 Å². The Kier molecular flexibility index (Phi) is 2.29. The highest BCUT2D eigenvalue weighted by atomic mass is 19.3. The van der Waals surface area contributed by atoms with Crippen molar-refractivity contribution in [3.05, 3.63) is 23.8 Å². The summed E-state index contributed by atoms with van der Waals surface area (Å²) in [5, 5.41) is 2.82. The lowest BCUT2D eigenvalue weighted by Gasteiger charge is -2.18. The minimum absolute atomic E-state index is 0.343. The molecule has 0 saturated heterocycles. The minimum Gasteiger partial charge on any atom is -0.497 e. The first-order chi connectivity index (χ1) is 7.00. The highest BCUT2D eigenvalue weighted by Gasteiger charge is 2.38. The van der Waals surface area contributed by atoms with Gasteiger partial charge in [0.15, 0.2) is 0 Å². The van der Waals surface area contributed by atoms with E-state index in [2.05, 4.69) is 5.32 Å². The first-order valence-electron chi connectivity index (χ1n) is 4.82. The molecule has 1 aliphatic rings. The average Bonchev–Trinajstić information content (AvgIpc) is 2.59. The number of ether oxygens (including phenoxy) is 1. The Morgan fingerprint density at radius 1 is 1.47 bits per heavy atom. The molecule has 2 rings (SSSR count). The van der Waals surface area contributed by atoms with Gasteiger partial charge in [0, 0.05) is 19.0 Å². The molecule has 1 aliphatic heterocycles. The number of fused-ring (bicyclic) bond motifs is 1. The third-order valence-corrected chi connectivity index (χ3v) is 2.68. The molecule has 1 N–H and O–H groups in total. The van der Waals surface area contributed by atoms with Crippen molar-refractivity contribution in [2.45, 2.75) is 25.3 Å². The molecule has 1 unspecified atom stereocenters. The normalized spacial score (nSPS) is 19.6. The number of methoxy groups -OCH3 is 1. The summed E-state index contributed by atoms with van der Waals surface area (Å²) in [5.74, 6) is -2.00. The summed E-state index contributed by atoms with van der Waals surface area (Å²) in [6.07, 6.45) is 0.343. The van der Waals surface area contributed by atoms with Crippen molar-refractivity contribution in [1.82, 2.24) is 0 Å². The van der Waals surface area contributed by atoms with E-state index in [4.69, 9.17) is 4.74 Å². The molecule has 0 radical (unpaired) electrons. The van der Waals surface area contributed by atoms with E-state index in [0.717, 1.165) is 18.2 Å². The summed E-state index contributed by atoms with van der Waals surface area (Å²) in [7, 11) is 1.57. The fourth-order valence-corrected chi connectivity index (χ4v) is 1.77. The SMILES string of the molecule is COc1ccc2c(c1)CC(C(C)(F)F)N2. The number of halogens is 2. The highest BCUT2D eigenvalue weighted by molar-refractivity contribution is 5.59. The molecule has 0 fully saturated rings. The molecule has 0 aliphatic carbocycles. The molecule has 15 heavy (non-hydrogen) atoms. The van der Waals surface area contributed by atoms with E-state index in [1.165, 1.54) is 0 Å².